The van der Waals surface area contributed by atoms with E-state index in [4.69, 9.17) is 0 Å². The first-order valence-electron chi connectivity index (χ1n) is 10.9. The van der Waals surface area contributed by atoms with Gasteiger partial charge in [-0.1, -0.05) is 62.2 Å². The molecule has 170 valence electrons. The van der Waals surface area contributed by atoms with Crippen LogP contribution in [0, 0.1) is 0 Å². The molecule has 0 bridgehead atoms. The van der Waals surface area contributed by atoms with Crippen molar-refractivity contribution in [2.24, 2.45) is 0 Å². The molecule has 3 rings (SSSR count). The van der Waals surface area contributed by atoms with Crippen LogP contribution >= 0.6 is 0 Å². The second-order valence-electron chi connectivity index (χ2n) is 8.11. The third-order valence-electron chi connectivity index (χ3n) is 5.39. The highest BCUT2D eigenvalue weighted by Gasteiger charge is 2.25. The van der Waals surface area contributed by atoms with Crippen LogP contribution in [-0.2, 0) is 21.4 Å². The molecule has 0 aromatic heterocycles. The van der Waals surface area contributed by atoms with E-state index in [1.165, 1.54) is 0 Å². The topological polar surface area (TPSA) is 78.5 Å². The van der Waals surface area contributed by atoms with Gasteiger partial charge in [-0.3, -0.25) is 4.79 Å². The fraction of sp³-hybridized carbons (Fsp3) is 0.320. The van der Waals surface area contributed by atoms with E-state index in [1.807, 2.05) is 74.4 Å². The standard InChI is InChI=1S/C25H31N3O3S/c1-4-5-11-24(25(29)26-18-19-9-7-6-8-10-19)27-32(30,31)23-15-13-20-16-22(28(2)3)14-12-21(20)17-23/h6-10,12-17,24,27H,4-5,11,18H2,1-3H3,(H,26,29)/t24-/m0/s1. The highest BCUT2D eigenvalue weighted by atomic mass is 32.2. The van der Waals surface area contributed by atoms with E-state index in [0.29, 0.717) is 13.0 Å². The Morgan fingerprint density at radius 1 is 0.969 bits per heavy atom. The van der Waals surface area contributed by atoms with Gasteiger partial charge in [-0.05, 0) is 47.0 Å². The summed E-state index contributed by atoms with van der Waals surface area (Å²) >= 11 is 0. The maximum absolute atomic E-state index is 13.1. The van der Waals surface area contributed by atoms with Gasteiger partial charge in [-0.25, -0.2) is 8.42 Å². The number of benzene rings is 3. The van der Waals surface area contributed by atoms with Crippen LogP contribution in [0.3, 0.4) is 0 Å². The number of fused-ring (bicyclic) bond motifs is 1. The Kier molecular flexibility index (Phi) is 7.88. The fourth-order valence-corrected chi connectivity index (χ4v) is 4.74. The third kappa shape index (κ3) is 6.08. The largest absolute Gasteiger partial charge is 0.378 e. The van der Waals surface area contributed by atoms with Crippen LogP contribution in [0.4, 0.5) is 5.69 Å². The van der Waals surface area contributed by atoms with Gasteiger partial charge in [0.1, 0.15) is 6.04 Å². The van der Waals surface area contributed by atoms with Crippen LogP contribution in [0.25, 0.3) is 10.8 Å². The number of carbonyl (C=O) groups is 1. The highest BCUT2D eigenvalue weighted by molar-refractivity contribution is 7.89. The first-order valence-corrected chi connectivity index (χ1v) is 12.3. The van der Waals surface area contributed by atoms with Gasteiger partial charge >= 0.3 is 0 Å². The van der Waals surface area contributed by atoms with Crippen molar-refractivity contribution < 1.29 is 13.2 Å². The van der Waals surface area contributed by atoms with Gasteiger partial charge in [0.25, 0.3) is 0 Å². The van der Waals surface area contributed by atoms with Crippen LogP contribution in [0.1, 0.15) is 31.7 Å². The summed E-state index contributed by atoms with van der Waals surface area (Å²) in [6.07, 6.45) is 2.06. The number of carbonyl (C=O) groups excluding carboxylic acids is 1. The second kappa shape index (κ2) is 10.6. The van der Waals surface area contributed by atoms with Crippen molar-refractivity contribution in [3.63, 3.8) is 0 Å². The quantitative estimate of drug-likeness (QED) is 0.485. The molecule has 0 aliphatic heterocycles. The zero-order chi connectivity index (χ0) is 23.1. The Bertz CT molecular complexity index is 1160. The third-order valence-corrected chi connectivity index (χ3v) is 6.86. The summed E-state index contributed by atoms with van der Waals surface area (Å²) in [7, 11) is 0.0660. The normalized spacial score (nSPS) is 12.5. The first-order chi connectivity index (χ1) is 15.3. The molecule has 6 nitrogen and oxygen atoms in total. The van der Waals surface area contributed by atoms with Crippen molar-refractivity contribution in [1.29, 1.82) is 0 Å². The molecule has 0 saturated heterocycles. The van der Waals surface area contributed by atoms with Crippen LogP contribution in [-0.4, -0.2) is 34.5 Å². The molecule has 7 heteroatoms. The van der Waals surface area contributed by atoms with E-state index in [0.717, 1.165) is 34.9 Å². The number of hydrogen-bond acceptors (Lipinski definition) is 4. The summed E-state index contributed by atoms with van der Waals surface area (Å²) in [6.45, 7) is 2.37. The molecule has 0 heterocycles. The lowest BCUT2D eigenvalue weighted by Crippen LogP contribution is -2.46. The summed E-state index contributed by atoms with van der Waals surface area (Å²) in [6, 6.07) is 19.6. The molecule has 3 aromatic carbocycles. The minimum absolute atomic E-state index is 0.153. The molecule has 1 atom stereocenters. The molecule has 0 unspecified atom stereocenters. The number of nitrogens with one attached hydrogen (secondary N) is 2. The molecule has 1 amide bonds. The van der Waals surface area contributed by atoms with E-state index < -0.39 is 16.1 Å². The average molecular weight is 454 g/mol. The molecule has 32 heavy (non-hydrogen) atoms. The lowest BCUT2D eigenvalue weighted by molar-refractivity contribution is -0.123. The number of amides is 1. The molecule has 0 aliphatic rings. The van der Waals surface area contributed by atoms with Crippen molar-refractivity contribution in [2.45, 2.75) is 43.7 Å². The number of hydrogen-bond donors (Lipinski definition) is 2. The lowest BCUT2D eigenvalue weighted by atomic mass is 10.1. The van der Waals surface area contributed by atoms with E-state index in [9.17, 15) is 13.2 Å². The molecular formula is C25H31N3O3S. The van der Waals surface area contributed by atoms with Crippen molar-refractivity contribution in [2.75, 3.05) is 19.0 Å². The van der Waals surface area contributed by atoms with E-state index >= 15 is 0 Å². The van der Waals surface area contributed by atoms with Crippen molar-refractivity contribution in [3.05, 3.63) is 72.3 Å². The second-order valence-corrected chi connectivity index (χ2v) is 9.82. The molecular weight excluding hydrogens is 422 g/mol. The summed E-state index contributed by atoms with van der Waals surface area (Å²) in [5, 5.41) is 4.65. The Labute approximate surface area is 190 Å². The average Bonchev–Trinajstić information content (AvgIpc) is 2.80. The van der Waals surface area contributed by atoms with Gasteiger partial charge < -0.3 is 10.2 Å². The summed E-state index contributed by atoms with van der Waals surface area (Å²) in [4.78, 5) is 15.0. The molecule has 0 saturated carbocycles. The van der Waals surface area contributed by atoms with Gasteiger partial charge in [0.2, 0.25) is 15.9 Å². The zero-order valence-corrected chi connectivity index (χ0v) is 19.7. The summed E-state index contributed by atoms with van der Waals surface area (Å²) in [5.41, 5.74) is 2.01. The highest BCUT2D eigenvalue weighted by Crippen LogP contribution is 2.24. The van der Waals surface area contributed by atoms with Gasteiger partial charge in [-0.15, -0.1) is 0 Å². The van der Waals surface area contributed by atoms with Crippen LogP contribution < -0.4 is 14.9 Å². The SMILES string of the molecule is CCCC[C@H](NS(=O)(=O)c1ccc2cc(N(C)C)ccc2c1)C(=O)NCc1ccccc1. The molecule has 0 spiro atoms. The van der Waals surface area contributed by atoms with Crippen molar-refractivity contribution in [1.82, 2.24) is 10.0 Å². The number of sulfonamides is 1. The van der Waals surface area contributed by atoms with E-state index in [2.05, 4.69) is 10.0 Å². The molecule has 0 radical (unpaired) electrons. The number of anilines is 1. The van der Waals surface area contributed by atoms with Gasteiger partial charge in [0.05, 0.1) is 4.90 Å². The minimum atomic E-state index is -3.86. The number of rotatable bonds is 10. The van der Waals surface area contributed by atoms with Crippen LogP contribution in [0.2, 0.25) is 0 Å². The molecule has 2 N–H and O–H groups in total. The molecule has 0 fully saturated rings. The Morgan fingerprint density at radius 2 is 1.66 bits per heavy atom. The summed E-state index contributed by atoms with van der Waals surface area (Å²) < 4.78 is 28.8. The maximum atomic E-state index is 13.1. The maximum Gasteiger partial charge on any atom is 0.241 e. The van der Waals surface area contributed by atoms with Crippen molar-refractivity contribution >= 4 is 32.4 Å². The smallest absolute Gasteiger partial charge is 0.241 e. The predicted octanol–water partition coefficient (Wildman–Crippen LogP) is 4.06. The van der Waals surface area contributed by atoms with Crippen LogP contribution in [0.5, 0.6) is 0 Å². The monoisotopic (exact) mass is 453 g/mol. The Morgan fingerprint density at radius 3 is 2.34 bits per heavy atom. The predicted molar refractivity (Wildman–Crippen MR) is 130 cm³/mol. The van der Waals surface area contributed by atoms with Gasteiger partial charge in [0, 0.05) is 26.3 Å². The van der Waals surface area contributed by atoms with Gasteiger partial charge in [-0.2, -0.15) is 4.72 Å². The minimum Gasteiger partial charge on any atom is -0.378 e. The molecule has 3 aromatic rings. The van der Waals surface area contributed by atoms with E-state index in [1.54, 1.807) is 18.2 Å². The van der Waals surface area contributed by atoms with Crippen molar-refractivity contribution in [3.8, 4) is 0 Å². The summed E-state index contributed by atoms with van der Waals surface area (Å²) in [5.74, 6) is -0.317. The lowest BCUT2D eigenvalue weighted by Gasteiger charge is -2.19. The fourth-order valence-electron chi connectivity index (χ4n) is 3.47. The van der Waals surface area contributed by atoms with Crippen LogP contribution in [0.15, 0.2) is 71.6 Å². The number of nitrogens with zero attached hydrogens (tertiary/aromatic N) is 1. The molecule has 0 aliphatic carbocycles. The zero-order valence-electron chi connectivity index (χ0n) is 18.8. The Balaban J connectivity index is 1.78. The van der Waals surface area contributed by atoms with E-state index in [-0.39, 0.29) is 10.8 Å². The first kappa shape index (κ1) is 23.8. The Hall–Kier alpha value is -2.90. The number of unbranched alkanes of at least 4 members (excludes halogenated alkanes) is 1. The van der Waals surface area contributed by atoms with Gasteiger partial charge in [0.15, 0.2) is 0 Å².